The van der Waals surface area contributed by atoms with E-state index in [4.69, 9.17) is 16.9 Å². The second kappa shape index (κ2) is 6.75. The van der Waals surface area contributed by atoms with Gasteiger partial charge >= 0.3 is 0 Å². The first-order valence-corrected chi connectivity index (χ1v) is 5.91. The predicted molar refractivity (Wildman–Crippen MR) is 65.0 cm³/mol. The highest BCUT2D eigenvalue weighted by atomic mass is 14.6. The number of nitrogens with one attached hydrogen (secondary N) is 1. The van der Waals surface area contributed by atoms with Crippen molar-refractivity contribution in [1.82, 2.24) is 0 Å². The van der Waals surface area contributed by atoms with Gasteiger partial charge in [0.05, 0.1) is 0 Å². The van der Waals surface area contributed by atoms with Crippen LogP contribution in [0, 0.1) is 17.2 Å². The first kappa shape index (κ1) is 12.4. The third-order valence-electron chi connectivity index (χ3n) is 3.29. The summed E-state index contributed by atoms with van der Waals surface area (Å²) in [5, 5.41) is 6.95. The Bertz CT molecular complexity index is 223. The van der Waals surface area contributed by atoms with E-state index in [2.05, 4.69) is 6.08 Å². The number of nitrogens with two attached hydrogens (primary N) is 2. The van der Waals surface area contributed by atoms with Gasteiger partial charge in [0, 0.05) is 0 Å². The molecular formula is C12H23N3. The highest BCUT2D eigenvalue weighted by molar-refractivity contribution is 5.53. The normalized spacial score (nSPS) is 27.7. The van der Waals surface area contributed by atoms with Crippen LogP contribution in [-0.4, -0.2) is 19.3 Å². The van der Waals surface area contributed by atoms with E-state index in [0.29, 0.717) is 5.92 Å². The van der Waals surface area contributed by atoms with E-state index < -0.39 is 0 Å². The number of unbranched alkanes of at least 4 members (excludes halogenated alkanes) is 1. The second-order valence-electron chi connectivity index (χ2n) is 4.30. The van der Waals surface area contributed by atoms with E-state index in [0.717, 1.165) is 38.3 Å². The lowest BCUT2D eigenvalue weighted by atomic mass is 9.67. The van der Waals surface area contributed by atoms with E-state index in [1.54, 1.807) is 0 Å². The maximum absolute atomic E-state index is 6.95. The molecule has 86 valence electrons. The van der Waals surface area contributed by atoms with Crippen molar-refractivity contribution < 1.29 is 0 Å². The van der Waals surface area contributed by atoms with Crippen molar-refractivity contribution in [2.24, 2.45) is 23.3 Å². The molecule has 1 rings (SSSR count). The van der Waals surface area contributed by atoms with Gasteiger partial charge in [-0.1, -0.05) is 11.6 Å². The molecule has 0 aromatic rings. The first-order valence-electron chi connectivity index (χ1n) is 5.91. The summed E-state index contributed by atoms with van der Waals surface area (Å²) in [6.45, 7) is 1.56. The zero-order valence-electron chi connectivity index (χ0n) is 9.41. The van der Waals surface area contributed by atoms with Crippen molar-refractivity contribution in [3.63, 3.8) is 0 Å². The summed E-state index contributed by atoms with van der Waals surface area (Å²) in [6.07, 6.45) is 9.16. The summed E-state index contributed by atoms with van der Waals surface area (Å²) in [5.41, 5.74) is 12.8. The van der Waals surface area contributed by atoms with E-state index in [-0.39, 0.29) is 0 Å². The molecule has 1 fully saturated rings. The van der Waals surface area contributed by atoms with Crippen molar-refractivity contribution in [2.45, 2.75) is 32.1 Å². The predicted octanol–water partition coefficient (Wildman–Crippen LogP) is 1.68. The van der Waals surface area contributed by atoms with Crippen molar-refractivity contribution >= 4 is 6.21 Å². The monoisotopic (exact) mass is 209 g/mol. The summed E-state index contributed by atoms with van der Waals surface area (Å²) < 4.78 is 0. The minimum Gasteiger partial charge on any atom is -0.330 e. The van der Waals surface area contributed by atoms with Crippen LogP contribution in [0.5, 0.6) is 0 Å². The van der Waals surface area contributed by atoms with Gasteiger partial charge in [0.25, 0.3) is 0 Å². The summed E-state index contributed by atoms with van der Waals surface area (Å²) in [6, 6.07) is 0. The maximum Gasteiger partial charge on any atom is -0.000871 e. The van der Waals surface area contributed by atoms with Gasteiger partial charge in [0.2, 0.25) is 0 Å². The summed E-state index contributed by atoms with van der Waals surface area (Å²) >= 11 is 0. The molecule has 0 aromatic carbocycles. The largest absolute Gasteiger partial charge is 0.330 e. The van der Waals surface area contributed by atoms with E-state index in [1.807, 2.05) is 0 Å². The molecule has 0 heterocycles. The molecular weight excluding hydrogens is 186 g/mol. The number of hydrogen-bond donors (Lipinski definition) is 3. The number of allylic oxidation sites excluding steroid dienone is 1. The fraction of sp³-hybridized carbons (Fsp3) is 0.750. The minimum atomic E-state index is 0.599. The Morgan fingerprint density at radius 1 is 1.33 bits per heavy atom. The SMILES string of the molecule is N=CCC/C=C1/CC(CCCN)C1CN. The van der Waals surface area contributed by atoms with Gasteiger partial charge < -0.3 is 16.9 Å². The second-order valence-corrected chi connectivity index (χ2v) is 4.30. The molecule has 5 N–H and O–H groups in total. The molecule has 0 spiro atoms. The number of hydrogen-bond acceptors (Lipinski definition) is 3. The van der Waals surface area contributed by atoms with Gasteiger partial charge in [-0.3, -0.25) is 0 Å². The molecule has 0 amide bonds. The Morgan fingerprint density at radius 2 is 2.13 bits per heavy atom. The van der Waals surface area contributed by atoms with Gasteiger partial charge in [0.15, 0.2) is 0 Å². The Labute approximate surface area is 92.4 Å². The zero-order valence-corrected chi connectivity index (χ0v) is 9.41. The average molecular weight is 209 g/mol. The van der Waals surface area contributed by atoms with Crippen LogP contribution in [0.2, 0.25) is 0 Å². The molecule has 0 aromatic heterocycles. The Balaban J connectivity index is 2.31. The molecule has 1 saturated carbocycles. The molecule has 3 nitrogen and oxygen atoms in total. The Kier molecular flexibility index (Phi) is 5.58. The van der Waals surface area contributed by atoms with Gasteiger partial charge in [-0.2, -0.15) is 0 Å². The van der Waals surface area contributed by atoms with Crippen LogP contribution in [0.3, 0.4) is 0 Å². The molecule has 1 aliphatic rings. The fourth-order valence-electron chi connectivity index (χ4n) is 2.35. The Morgan fingerprint density at radius 3 is 2.73 bits per heavy atom. The van der Waals surface area contributed by atoms with Crippen LogP contribution in [0.1, 0.15) is 32.1 Å². The standard InChI is InChI=1S/C12H23N3/c13-6-2-1-4-10-8-11(5-3-7-14)12(10)9-15/h4,6,11-13H,1-3,5,7-9,14-15H2/b10-4-,13-6?. The lowest BCUT2D eigenvalue weighted by Gasteiger charge is -2.39. The van der Waals surface area contributed by atoms with Crippen LogP contribution in [-0.2, 0) is 0 Å². The first-order chi connectivity index (χ1) is 7.33. The summed E-state index contributed by atoms with van der Waals surface area (Å²) in [7, 11) is 0. The molecule has 3 heteroatoms. The molecule has 2 unspecified atom stereocenters. The highest BCUT2D eigenvalue weighted by Gasteiger charge is 2.33. The van der Waals surface area contributed by atoms with Crippen molar-refractivity contribution in [2.75, 3.05) is 13.1 Å². The van der Waals surface area contributed by atoms with E-state index in [9.17, 15) is 0 Å². The molecule has 0 saturated heterocycles. The molecule has 0 aliphatic heterocycles. The molecule has 2 atom stereocenters. The van der Waals surface area contributed by atoms with Gasteiger partial charge in [-0.05, 0) is 63.2 Å². The quantitative estimate of drug-likeness (QED) is 0.339. The molecule has 0 radical (unpaired) electrons. The minimum absolute atomic E-state index is 0.599. The van der Waals surface area contributed by atoms with E-state index in [1.165, 1.54) is 24.6 Å². The average Bonchev–Trinajstić information content (AvgIpc) is 2.22. The topological polar surface area (TPSA) is 75.9 Å². The van der Waals surface area contributed by atoms with Gasteiger partial charge in [-0.15, -0.1) is 0 Å². The lowest BCUT2D eigenvalue weighted by Crippen LogP contribution is -2.35. The summed E-state index contributed by atoms with van der Waals surface area (Å²) in [4.78, 5) is 0. The number of rotatable bonds is 7. The summed E-state index contributed by atoms with van der Waals surface area (Å²) in [5.74, 6) is 1.37. The van der Waals surface area contributed by atoms with Crippen LogP contribution >= 0.6 is 0 Å². The zero-order chi connectivity index (χ0) is 11.1. The van der Waals surface area contributed by atoms with Crippen molar-refractivity contribution in [3.05, 3.63) is 11.6 Å². The maximum atomic E-state index is 6.95. The fourth-order valence-corrected chi connectivity index (χ4v) is 2.35. The third-order valence-corrected chi connectivity index (χ3v) is 3.29. The lowest BCUT2D eigenvalue weighted by molar-refractivity contribution is 0.258. The third kappa shape index (κ3) is 3.43. The van der Waals surface area contributed by atoms with Crippen molar-refractivity contribution in [3.8, 4) is 0 Å². The van der Waals surface area contributed by atoms with Crippen LogP contribution in [0.4, 0.5) is 0 Å². The van der Waals surface area contributed by atoms with Gasteiger partial charge in [-0.25, -0.2) is 0 Å². The van der Waals surface area contributed by atoms with Crippen molar-refractivity contribution in [1.29, 1.82) is 5.41 Å². The smallest absolute Gasteiger partial charge is 0.000871 e. The van der Waals surface area contributed by atoms with Crippen LogP contribution in [0.25, 0.3) is 0 Å². The molecule has 0 bridgehead atoms. The Hall–Kier alpha value is -0.670. The van der Waals surface area contributed by atoms with E-state index >= 15 is 0 Å². The molecule has 1 aliphatic carbocycles. The highest BCUT2D eigenvalue weighted by Crippen LogP contribution is 2.42. The van der Waals surface area contributed by atoms with Gasteiger partial charge in [0.1, 0.15) is 0 Å². The van der Waals surface area contributed by atoms with Crippen LogP contribution < -0.4 is 11.5 Å². The molecule has 15 heavy (non-hydrogen) atoms. The van der Waals surface area contributed by atoms with Crippen LogP contribution in [0.15, 0.2) is 11.6 Å².